The molecule has 3 rings (SSSR count). The fourth-order valence-corrected chi connectivity index (χ4v) is 3.35. The summed E-state index contributed by atoms with van der Waals surface area (Å²) in [5.41, 5.74) is 2.40. The Hall–Kier alpha value is -2.81. The summed E-state index contributed by atoms with van der Waals surface area (Å²) >= 11 is 1.26. The topological polar surface area (TPSA) is 99.0 Å². The van der Waals surface area contributed by atoms with Gasteiger partial charge >= 0.3 is 5.97 Å². The standard InChI is InChI=1S/C18H21N5O3S/c1-5-26-15(24)7-13-9-27-18(21-13)22-17(25)14-6-12-8-19-23(10(2)3)16(12)20-11(14)4/h6,8-10H,5,7H2,1-4H3,(H,21,22,25). The number of nitrogens with zero attached hydrogens (tertiary/aromatic N) is 4. The molecule has 0 aliphatic heterocycles. The lowest BCUT2D eigenvalue weighted by molar-refractivity contribution is -0.142. The molecule has 8 nitrogen and oxygen atoms in total. The van der Waals surface area contributed by atoms with Crippen LogP contribution < -0.4 is 5.32 Å². The fourth-order valence-electron chi connectivity index (χ4n) is 2.64. The van der Waals surface area contributed by atoms with E-state index in [4.69, 9.17) is 4.74 Å². The van der Waals surface area contributed by atoms with Gasteiger partial charge in [-0.15, -0.1) is 11.3 Å². The van der Waals surface area contributed by atoms with Crippen molar-refractivity contribution in [2.24, 2.45) is 0 Å². The predicted molar refractivity (Wildman–Crippen MR) is 103 cm³/mol. The zero-order chi connectivity index (χ0) is 19.6. The molecule has 3 aromatic heterocycles. The maximum Gasteiger partial charge on any atom is 0.311 e. The minimum absolute atomic E-state index is 0.0845. The molecule has 142 valence electrons. The van der Waals surface area contributed by atoms with Gasteiger partial charge < -0.3 is 4.74 Å². The number of fused-ring (bicyclic) bond motifs is 1. The number of aromatic nitrogens is 4. The van der Waals surface area contributed by atoms with Crippen LogP contribution in [0.1, 0.15) is 48.6 Å². The SMILES string of the molecule is CCOC(=O)Cc1csc(NC(=O)c2cc3cnn(C(C)C)c3nc2C)n1. The summed E-state index contributed by atoms with van der Waals surface area (Å²) in [5, 5.41) is 10.1. The Kier molecular flexibility index (Phi) is 5.50. The number of thiazole rings is 1. The highest BCUT2D eigenvalue weighted by atomic mass is 32.1. The Morgan fingerprint density at radius 1 is 1.33 bits per heavy atom. The van der Waals surface area contributed by atoms with Crippen molar-refractivity contribution in [3.63, 3.8) is 0 Å². The number of pyridine rings is 1. The number of nitrogens with one attached hydrogen (secondary N) is 1. The first-order valence-corrected chi connectivity index (χ1v) is 9.53. The van der Waals surface area contributed by atoms with E-state index >= 15 is 0 Å². The number of aryl methyl sites for hydroxylation is 1. The largest absolute Gasteiger partial charge is 0.466 e. The quantitative estimate of drug-likeness (QED) is 0.653. The summed E-state index contributed by atoms with van der Waals surface area (Å²) in [6.07, 6.45) is 1.79. The van der Waals surface area contributed by atoms with Crippen molar-refractivity contribution < 1.29 is 14.3 Å². The number of carbonyl (C=O) groups excluding carboxylic acids is 2. The third-order valence-electron chi connectivity index (χ3n) is 3.90. The number of hydrogen-bond donors (Lipinski definition) is 1. The normalized spacial score (nSPS) is 11.1. The first kappa shape index (κ1) is 19.0. The molecule has 0 atom stereocenters. The average molecular weight is 387 g/mol. The van der Waals surface area contributed by atoms with E-state index in [1.165, 1.54) is 11.3 Å². The molecule has 9 heteroatoms. The maximum absolute atomic E-state index is 12.6. The number of anilines is 1. The van der Waals surface area contributed by atoms with Gasteiger partial charge in [-0.2, -0.15) is 5.10 Å². The molecule has 0 spiro atoms. The Labute approximate surface area is 160 Å². The molecule has 0 saturated heterocycles. The molecule has 3 aromatic rings. The number of carbonyl (C=O) groups is 2. The number of esters is 1. The highest BCUT2D eigenvalue weighted by Crippen LogP contribution is 2.21. The Balaban J connectivity index is 1.77. The fraction of sp³-hybridized carbons (Fsp3) is 0.389. The Morgan fingerprint density at radius 3 is 2.81 bits per heavy atom. The van der Waals surface area contributed by atoms with E-state index in [0.717, 1.165) is 11.0 Å². The molecule has 0 unspecified atom stereocenters. The number of hydrogen-bond acceptors (Lipinski definition) is 7. The third kappa shape index (κ3) is 4.13. The zero-order valence-corrected chi connectivity index (χ0v) is 16.5. The van der Waals surface area contributed by atoms with Crippen LogP contribution in [0.3, 0.4) is 0 Å². The third-order valence-corrected chi connectivity index (χ3v) is 4.70. The lowest BCUT2D eigenvalue weighted by Crippen LogP contribution is -2.15. The van der Waals surface area contributed by atoms with Gasteiger partial charge in [0.15, 0.2) is 10.8 Å². The van der Waals surface area contributed by atoms with Crippen molar-refractivity contribution in [3.05, 3.63) is 34.6 Å². The number of ether oxygens (including phenoxy) is 1. The second-order valence-corrected chi connectivity index (χ2v) is 7.16. The Morgan fingerprint density at radius 2 is 2.11 bits per heavy atom. The molecule has 1 N–H and O–H groups in total. The highest BCUT2D eigenvalue weighted by Gasteiger charge is 2.17. The van der Waals surface area contributed by atoms with Gasteiger partial charge in [0.05, 0.1) is 36.2 Å². The van der Waals surface area contributed by atoms with Crippen LogP contribution >= 0.6 is 11.3 Å². The monoisotopic (exact) mass is 387 g/mol. The van der Waals surface area contributed by atoms with E-state index in [2.05, 4.69) is 20.4 Å². The van der Waals surface area contributed by atoms with Crippen LogP contribution in [0.25, 0.3) is 11.0 Å². The molecule has 0 bridgehead atoms. The van der Waals surface area contributed by atoms with E-state index in [1.54, 1.807) is 31.5 Å². The van der Waals surface area contributed by atoms with Crippen molar-refractivity contribution in [2.75, 3.05) is 11.9 Å². The van der Waals surface area contributed by atoms with Crippen LogP contribution in [-0.4, -0.2) is 38.2 Å². The minimum Gasteiger partial charge on any atom is -0.466 e. The molecule has 0 fully saturated rings. The van der Waals surface area contributed by atoms with Crippen LogP contribution in [0.2, 0.25) is 0 Å². The number of rotatable bonds is 6. The van der Waals surface area contributed by atoms with Gasteiger partial charge in [0.1, 0.15) is 0 Å². The van der Waals surface area contributed by atoms with Crippen molar-refractivity contribution >= 4 is 39.4 Å². The van der Waals surface area contributed by atoms with E-state index in [1.807, 2.05) is 18.5 Å². The van der Waals surface area contributed by atoms with Crippen LogP contribution in [-0.2, 0) is 16.0 Å². The molecule has 0 aliphatic carbocycles. The van der Waals surface area contributed by atoms with Gasteiger partial charge in [0.2, 0.25) is 0 Å². The van der Waals surface area contributed by atoms with Crippen molar-refractivity contribution in [1.82, 2.24) is 19.7 Å². The van der Waals surface area contributed by atoms with E-state index in [9.17, 15) is 9.59 Å². The minimum atomic E-state index is -0.340. The van der Waals surface area contributed by atoms with Crippen LogP contribution in [0.4, 0.5) is 5.13 Å². The first-order chi connectivity index (χ1) is 12.9. The molecule has 3 heterocycles. The molecule has 0 saturated carbocycles. The zero-order valence-electron chi connectivity index (χ0n) is 15.6. The maximum atomic E-state index is 12.6. The molecule has 0 aliphatic rings. The van der Waals surface area contributed by atoms with Gasteiger partial charge in [-0.25, -0.2) is 14.6 Å². The van der Waals surface area contributed by atoms with Crippen LogP contribution in [0, 0.1) is 6.92 Å². The van der Waals surface area contributed by atoms with Gasteiger partial charge in [-0.1, -0.05) is 0 Å². The average Bonchev–Trinajstić information content (AvgIpc) is 3.20. The Bertz CT molecular complexity index is 992. The summed E-state index contributed by atoms with van der Waals surface area (Å²) < 4.78 is 6.73. The summed E-state index contributed by atoms with van der Waals surface area (Å²) in [6, 6.07) is 1.97. The summed E-state index contributed by atoms with van der Waals surface area (Å²) in [6.45, 7) is 7.93. The second kappa shape index (κ2) is 7.83. The van der Waals surface area contributed by atoms with Gasteiger partial charge in [0.25, 0.3) is 5.91 Å². The molecule has 0 aromatic carbocycles. The van der Waals surface area contributed by atoms with E-state index in [-0.39, 0.29) is 24.3 Å². The predicted octanol–water partition coefficient (Wildman–Crippen LogP) is 3.14. The molecule has 1 amide bonds. The van der Waals surface area contributed by atoms with Gasteiger partial charge in [0, 0.05) is 16.8 Å². The lowest BCUT2D eigenvalue weighted by Gasteiger charge is -2.09. The summed E-state index contributed by atoms with van der Waals surface area (Å²) in [4.78, 5) is 33.0. The van der Waals surface area contributed by atoms with E-state index in [0.29, 0.717) is 28.7 Å². The van der Waals surface area contributed by atoms with Crippen molar-refractivity contribution in [3.8, 4) is 0 Å². The van der Waals surface area contributed by atoms with Crippen LogP contribution in [0.5, 0.6) is 0 Å². The second-order valence-electron chi connectivity index (χ2n) is 6.30. The van der Waals surface area contributed by atoms with Crippen LogP contribution in [0.15, 0.2) is 17.6 Å². The molecular formula is C18H21N5O3S. The summed E-state index contributed by atoms with van der Waals surface area (Å²) in [5.74, 6) is -0.635. The molecular weight excluding hydrogens is 366 g/mol. The van der Waals surface area contributed by atoms with E-state index < -0.39 is 0 Å². The lowest BCUT2D eigenvalue weighted by atomic mass is 10.1. The highest BCUT2D eigenvalue weighted by molar-refractivity contribution is 7.14. The summed E-state index contributed by atoms with van der Waals surface area (Å²) in [7, 11) is 0. The van der Waals surface area contributed by atoms with Crippen molar-refractivity contribution in [2.45, 2.75) is 40.2 Å². The smallest absolute Gasteiger partial charge is 0.311 e. The van der Waals surface area contributed by atoms with Gasteiger partial charge in [-0.05, 0) is 33.8 Å². The van der Waals surface area contributed by atoms with Gasteiger partial charge in [-0.3, -0.25) is 14.9 Å². The number of amides is 1. The molecule has 27 heavy (non-hydrogen) atoms. The van der Waals surface area contributed by atoms with Crippen molar-refractivity contribution in [1.29, 1.82) is 0 Å². The first-order valence-electron chi connectivity index (χ1n) is 8.65. The molecule has 0 radical (unpaired) electrons.